The summed E-state index contributed by atoms with van der Waals surface area (Å²) in [5.41, 5.74) is 4.70. The summed E-state index contributed by atoms with van der Waals surface area (Å²) in [6, 6.07) is 9.76. The second-order valence-corrected chi connectivity index (χ2v) is 6.93. The van der Waals surface area contributed by atoms with Crippen LogP contribution in [0.15, 0.2) is 34.9 Å². The van der Waals surface area contributed by atoms with E-state index in [9.17, 15) is 4.79 Å². The van der Waals surface area contributed by atoms with Crippen LogP contribution in [-0.4, -0.2) is 20.6 Å². The Balaban J connectivity index is 1.85. The van der Waals surface area contributed by atoms with Gasteiger partial charge in [-0.15, -0.1) is 0 Å². The van der Waals surface area contributed by atoms with Crippen molar-refractivity contribution in [3.8, 4) is 11.6 Å². The molecule has 0 bridgehead atoms. The minimum absolute atomic E-state index is 0.0996. The van der Waals surface area contributed by atoms with E-state index in [-0.39, 0.29) is 18.4 Å². The monoisotopic (exact) mass is 352 g/mol. The number of hydrogen-bond donors (Lipinski definition) is 1. The SMILES string of the molecule is Cc1ccc(NC(=O)Cn2c(C)cc(C)c2-c2nc(C(C)C)no2)cc1. The van der Waals surface area contributed by atoms with Crippen molar-refractivity contribution in [1.29, 1.82) is 0 Å². The molecule has 0 aliphatic heterocycles. The van der Waals surface area contributed by atoms with Gasteiger partial charge < -0.3 is 14.4 Å². The molecule has 0 radical (unpaired) electrons. The molecule has 136 valence electrons. The van der Waals surface area contributed by atoms with E-state index in [4.69, 9.17) is 4.52 Å². The smallest absolute Gasteiger partial charge is 0.274 e. The molecule has 0 aliphatic carbocycles. The molecule has 1 aromatic carbocycles. The maximum absolute atomic E-state index is 12.5. The fourth-order valence-electron chi connectivity index (χ4n) is 2.88. The first-order valence-corrected chi connectivity index (χ1v) is 8.72. The van der Waals surface area contributed by atoms with Crippen LogP contribution < -0.4 is 5.32 Å². The second kappa shape index (κ2) is 7.15. The molecule has 0 fully saturated rings. The van der Waals surface area contributed by atoms with Crippen LogP contribution in [0.3, 0.4) is 0 Å². The molecule has 0 unspecified atom stereocenters. The van der Waals surface area contributed by atoms with Gasteiger partial charge in [-0.3, -0.25) is 4.79 Å². The van der Waals surface area contributed by atoms with Gasteiger partial charge in [-0.25, -0.2) is 0 Å². The second-order valence-electron chi connectivity index (χ2n) is 6.93. The topological polar surface area (TPSA) is 73.0 Å². The molecule has 3 rings (SSSR count). The maximum Gasteiger partial charge on any atom is 0.274 e. The zero-order chi connectivity index (χ0) is 18.8. The Bertz CT molecular complexity index is 920. The summed E-state index contributed by atoms with van der Waals surface area (Å²) in [6.07, 6.45) is 0. The molecule has 0 saturated carbocycles. The summed E-state index contributed by atoms with van der Waals surface area (Å²) in [5, 5.41) is 6.97. The predicted molar refractivity (Wildman–Crippen MR) is 101 cm³/mol. The molecule has 0 spiro atoms. The lowest BCUT2D eigenvalue weighted by atomic mass is 10.2. The summed E-state index contributed by atoms with van der Waals surface area (Å²) >= 11 is 0. The van der Waals surface area contributed by atoms with Gasteiger partial charge >= 0.3 is 0 Å². The highest BCUT2D eigenvalue weighted by Gasteiger charge is 2.20. The molecule has 6 nitrogen and oxygen atoms in total. The van der Waals surface area contributed by atoms with Crippen LogP contribution in [0.2, 0.25) is 0 Å². The van der Waals surface area contributed by atoms with E-state index in [0.29, 0.717) is 11.7 Å². The van der Waals surface area contributed by atoms with Gasteiger partial charge in [0.2, 0.25) is 5.91 Å². The van der Waals surface area contributed by atoms with Crippen LogP contribution in [0, 0.1) is 20.8 Å². The van der Waals surface area contributed by atoms with Crippen molar-refractivity contribution < 1.29 is 9.32 Å². The first kappa shape index (κ1) is 17.9. The molecule has 6 heteroatoms. The molecule has 1 amide bonds. The van der Waals surface area contributed by atoms with Crippen LogP contribution in [-0.2, 0) is 11.3 Å². The van der Waals surface area contributed by atoms with Crippen LogP contribution >= 0.6 is 0 Å². The number of amides is 1. The predicted octanol–water partition coefficient (Wildman–Crippen LogP) is 4.23. The van der Waals surface area contributed by atoms with E-state index in [0.717, 1.165) is 28.2 Å². The molecule has 1 N–H and O–H groups in total. The molecule has 2 heterocycles. The van der Waals surface area contributed by atoms with Crippen LogP contribution in [0.25, 0.3) is 11.6 Å². The Morgan fingerprint density at radius 2 is 1.88 bits per heavy atom. The average Bonchev–Trinajstić information content (AvgIpc) is 3.15. The van der Waals surface area contributed by atoms with E-state index >= 15 is 0 Å². The lowest BCUT2D eigenvalue weighted by Crippen LogP contribution is -2.20. The number of anilines is 1. The van der Waals surface area contributed by atoms with Crippen molar-refractivity contribution in [2.75, 3.05) is 5.32 Å². The van der Waals surface area contributed by atoms with Gasteiger partial charge in [-0.1, -0.05) is 36.7 Å². The van der Waals surface area contributed by atoms with Crippen molar-refractivity contribution in [3.05, 3.63) is 53.0 Å². The number of carbonyl (C=O) groups is 1. The van der Waals surface area contributed by atoms with Crippen molar-refractivity contribution in [2.45, 2.75) is 47.1 Å². The first-order chi connectivity index (χ1) is 12.3. The molecule has 26 heavy (non-hydrogen) atoms. The Kier molecular flexibility index (Phi) is 4.93. The summed E-state index contributed by atoms with van der Waals surface area (Å²) < 4.78 is 7.36. The zero-order valence-corrected chi connectivity index (χ0v) is 15.8. The van der Waals surface area contributed by atoms with Gasteiger partial charge in [0.25, 0.3) is 5.89 Å². The minimum atomic E-state index is -0.0996. The van der Waals surface area contributed by atoms with Crippen LogP contribution in [0.4, 0.5) is 5.69 Å². The quantitative estimate of drug-likeness (QED) is 0.746. The molecule has 3 aromatic rings. The highest BCUT2D eigenvalue weighted by atomic mass is 16.5. The summed E-state index contributed by atoms with van der Waals surface area (Å²) in [4.78, 5) is 17.0. The van der Waals surface area contributed by atoms with Gasteiger partial charge in [0.1, 0.15) is 12.2 Å². The van der Waals surface area contributed by atoms with E-state index in [1.54, 1.807) is 0 Å². The largest absolute Gasteiger partial charge is 0.332 e. The fourth-order valence-corrected chi connectivity index (χ4v) is 2.88. The number of aryl methyl sites for hydroxylation is 3. The third-order valence-corrected chi connectivity index (χ3v) is 4.29. The third kappa shape index (κ3) is 3.69. The van der Waals surface area contributed by atoms with E-state index in [1.807, 2.05) is 69.5 Å². The number of hydrogen-bond acceptors (Lipinski definition) is 4. The van der Waals surface area contributed by atoms with Crippen molar-refractivity contribution in [2.24, 2.45) is 0 Å². The molecule has 0 saturated heterocycles. The molecule has 2 aromatic heterocycles. The van der Waals surface area contributed by atoms with Gasteiger partial charge in [-0.2, -0.15) is 4.98 Å². The van der Waals surface area contributed by atoms with Crippen molar-refractivity contribution in [3.63, 3.8) is 0 Å². The number of aromatic nitrogens is 3. The summed E-state index contributed by atoms with van der Waals surface area (Å²) in [6.45, 7) is 10.2. The highest BCUT2D eigenvalue weighted by molar-refractivity contribution is 5.91. The van der Waals surface area contributed by atoms with E-state index in [1.165, 1.54) is 0 Å². The maximum atomic E-state index is 12.5. The molecular formula is C20H24N4O2. The van der Waals surface area contributed by atoms with Crippen LogP contribution in [0.1, 0.15) is 42.4 Å². The first-order valence-electron chi connectivity index (χ1n) is 8.72. The lowest BCUT2D eigenvalue weighted by molar-refractivity contribution is -0.116. The number of nitrogens with one attached hydrogen (secondary N) is 1. The molecule has 0 atom stereocenters. The Labute approximate surface area is 153 Å². The van der Waals surface area contributed by atoms with Gasteiger partial charge in [-0.05, 0) is 44.5 Å². The third-order valence-electron chi connectivity index (χ3n) is 4.29. The van der Waals surface area contributed by atoms with Crippen molar-refractivity contribution >= 4 is 11.6 Å². The summed E-state index contributed by atoms with van der Waals surface area (Å²) in [7, 11) is 0. The number of nitrogens with zero attached hydrogens (tertiary/aromatic N) is 3. The standard InChI is InChI=1S/C20H24N4O2/c1-12(2)19-22-20(26-23-19)18-14(4)10-15(5)24(18)11-17(25)21-16-8-6-13(3)7-9-16/h6-10,12H,11H2,1-5H3,(H,21,25). The Hall–Kier alpha value is -2.89. The Morgan fingerprint density at radius 3 is 2.50 bits per heavy atom. The van der Waals surface area contributed by atoms with Crippen molar-refractivity contribution in [1.82, 2.24) is 14.7 Å². The fraction of sp³-hybridized carbons (Fsp3) is 0.350. The van der Waals surface area contributed by atoms with E-state index in [2.05, 4.69) is 15.5 Å². The minimum Gasteiger partial charge on any atom is -0.332 e. The lowest BCUT2D eigenvalue weighted by Gasteiger charge is -2.11. The average molecular weight is 352 g/mol. The normalized spacial score (nSPS) is 11.2. The molecular weight excluding hydrogens is 328 g/mol. The van der Waals surface area contributed by atoms with Gasteiger partial charge in [0.15, 0.2) is 5.82 Å². The summed E-state index contributed by atoms with van der Waals surface area (Å²) in [5.74, 6) is 1.19. The number of rotatable bonds is 5. The number of carbonyl (C=O) groups excluding carboxylic acids is 1. The highest BCUT2D eigenvalue weighted by Crippen LogP contribution is 2.27. The number of benzene rings is 1. The van der Waals surface area contributed by atoms with Crippen LogP contribution in [0.5, 0.6) is 0 Å². The van der Waals surface area contributed by atoms with E-state index < -0.39 is 0 Å². The Morgan fingerprint density at radius 1 is 1.19 bits per heavy atom. The zero-order valence-electron chi connectivity index (χ0n) is 15.8. The van der Waals surface area contributed by atoms with Gasteiger partial charge in [0.05, 0.1) is 0 Å². The molecule has 0 aliphatic rings. The van der Waals surface area contributed by atoms with Gasteiger partial charge in [0, 0.05) is 17.3 Å².